The minimum atomic E-state index is -3.46. The first-order valence-electron chi connectivity index (χ1n) is 10.6. The number of hydrogen-bond donors (Lipinski definition) is 1. The molecule has 1 aliphatic heterocycles. The standard InChI is InChI=1S/C24H28N2O4S/c1-2-30-24-12-9-20-5-3-4-6-22(20)23(24)18-25-17-19-7-10-21(11-8-19)31(27,28)26-13-15-29-16-14-26/h3-12,25H,2,13-18H2,1H3. The first-order chi connectivity index (χ1) is 15.1. The number of morpholine rings is 1. The van der Waals surface area contributed by atoms with Gasteiger partial charge in [0.05, 0.1) is 24.7 Å². The Morgan fingerprint density at radius 1 is 0.968 bits per heavy atom. The Morgan fingerprint density at radius 2 is 1.71 bits per heavy atom. The summed E-state index contributed by atoms with van der Waals surface area (Å²) in [5.41, 5.74) is 2.16. The van der Waals surface area contributed by atoms with Crippen molar-refractivity contribution >= 4 is 20.8 Å². The Kier molecular flexibility index (Phi) is 6.87. The number of rotatable bonds is 8. The van der Waals surface area contributed by atoms with Crippen LogP contribution in [0.4, 0.5) is 0 Å². The molecule has 1 N–H and O–H groups in total. The molecule has 0 spiro atoms. The molecule has 7 heteroatoms. The van der Waals surface area contributed by atoms with Gasteiger partial charge in [0.1, 0.15) is 5.75 Å². The molecule has 0 saturated carbocycles. The summed E-state index contributed by atoms with van der Waals surface area (Å²) >= 11 is 0. The fourth-order valence-electron chi connectivity index (χ4n) is 3.84. The summed E-state index contributed by atoms with van der Waals surface area (Å²) in [6.45, 7) is 5.58. The highest BCUT2D eigenvalue weighted by atomic mass is 32.2. The predicted molar refractivity (Wildman–Crippen MR) is 122 cm³/mol. The zero-order valence-electron chi connectivity index (χ0n) is 17.7. The molecule has 31 heavy (non-hydrogen) atoms. The van der Waals surface area contributed by atoms with E-state index < -0.39 is 10.0 Å². The van der Waals surface area contributed by atoms with Crippen LogP contribution in [-0.4, -0.2) is 45.6 Å². The van der Waals surface area contributed by atoms with Crippen molar-refractivity contribution in [1.82, 2.24) is 9.62 Å². The highest BCUT2D eigenvalue weighted by Gasteiger charge is 2.26. The van der Waals surface area contributed by atoms with E-state index in [1.165, 1.54) is 15.1 Å². The summed E-state index contributed by atoms with van der Waals surface area (Å²) in [6.07, 6.45) is 0. The molecule has 164 valence electrons. The van der Waals surface area contributed by atoms with Gasteiger partial charge in [-0.05, 0) is 41.5 Å². The summed E-state index contributed by atoms with van der Waals surface area (Å²) in [4.78, 5) is 0.325. The van der Waals surface area contributed by atoms with E-state index in [1.54, 1.807) is 12.1 Å². The molecule has 3 aromatic carbocycles. The minimum Gasteiger partial charge on any atom is -0.494 e. The second kappa shape index (κ2) is 9.78. The number of fused-ring (bicyclic) bond motifs is 1. The van der Waals surface area contributed by atoms with E-state index in [4.69, 9.17) is 9.47 Å². The molecule has 1 saturated heterocycles. The molecule has 0 amide bonds. The lowest BCUT2D eigenvalue weighted by molar-refractivity contribution is 0.0730. The molecular formula is C24H28N2O4S. The topological polar surface area (TPSA) is 67.9 Å². The minimum absolute atomic E-state index is 0.325. The second-order valence-corrected chi connectivity index (χ2v) is 9.40. The largest absolute Gasteiger partial charge is 0.494 e. The van der Waals surface area contributed by atoms with Crippen molar-refractivity contribution in [2.24, 2.45) is 0 Å². The molecule has 4 rings (SSSR count). The number of hydrogen-bond acceptors (Lipinski definition) is 5. The van der Waals surface area contributed by atoms with Crippen molar-refractivity contribution in [1.29, 1.82) is 0 Å². The van der Waals surface area contributed by atoms with Gasteiger partial charge in [-0.3, -0.25) is 0 Å². The summed E-state index contributed by atoms with van der Waals surface area (Å²) < 4.78 is 38.1. The fourth-order valence-corrected chi connectivity index (χ4v) is 5.24. The van der Waals surface area contributed by atoms with Crippen molar-refractivity contribution in [3.05, 3.63) is 71.8 Å². The maximum absolute atomic E-state index is 12.8. The number of benzene rings is 3. The first-order valence-corrected chi connectivity index (χ1v) is 12.0. The van der Waals surface area contributed by atoms with Crippen LogP contribution in [0.2, 0.25) is 0 Å². The summed E-state index contributed by atoms with van der Waals surface area (Å²) in [7, 11) is -3.46. The van der Waals surface area contributed by atoms with Gasteiger partial charge in [-0.2, -0.15) is 4.31 Å². The van der Waals surface area contributed by atoms with Crippen LogP contribution in [0.15, 0.2) is 65.6 Å². The van der Waals surface area contributed by atoms with Crippen molar-refractivity contribution in [3.8, 4) is 5.75 Å². The summed E-state index contributed by atoms with van der Waals surface area (Å²) in [6, 6.07) is 19.5. The third-order valence-corrected chi connectivity index (χ3v) is 7.37. The van der Waals surface area contributed by atoms with Gasteiger partial charge in [-0.25, -0.2) is 8.42 Å². The Hall–Kier alpha value is -2.45. The van der Waals surface area contributed by atoms with Crippen LogP contribution in [-0.2, 0) is 27.8 Å². The lowest BCUT2D eigenvalue weighted by Crippen LogP contribution is -2.40. The normalized spacial score (nSPS) is 15.3. The molecular weight excluding hydrogens is 412 g/mol. The number of nitrogens with zero attached hydrogens (tertiary/aromatic N) is 1. The smallest absolute Gasteiger partial charge is 0.243 e. The van der Waals surface area contributed by atoms with E-state index in [2.05, 4.69) is 23.5 Å². The van der Waals surface area contributed by atoms with Crippen molar-refractivity contribution in [3.63, 3.8) is 0 Å². The average molecular weight is 441 g/mol. The molecule has 1 fully saturated rings. The average Bonchev–Trinajstić information content (AvgIpc) is 2.81. The lowest BCUT2D eigenvalue weighted by atomic mass is 10.0. The van der Waals surface area contributed by atoms with Crippen LogP contribution in [0.25, 0.3) is 10.8 Å². The van der Waals surface area contributed by atoms with E-state index in [9.17, 15) is 8.42 Å². The number of sulfonamides is 1. The molecule has 0 unspecified atom stereocenters. The highest BCUT2D eigenvalue weighted by molar-refractivity contribution is 7.89. The SMILES string of the molecule is CCOc1ccc2ccccc2c1CNCc1ccc(S(=O)(=O)N2CCOCC2)cc1. The third kappa shape index (κ3) is 4.91. The molecule has 0 atom stereocenters. The Balaban J connectivity index is 1.44. The van der Waals surface area contributed by atoms with Crippen LogP contribution in [0, 0.1) is 0 Å². The van der Waals surface area contributed by atoms with Gasteiger partial charge in [0, 0.05) is 31.7 Å². The summed E-state index contributed by atoms with van der Waals surface area (Å²) in [5.74, 6) is 0.889. The van der Waals surface area contributed by atoms with Crippen LogP contribution in [0.5, 0.6) is 5.75 Å². The van der Waals surface area contributed by atoms with Crippen molar-refractivity contribution in [2.75, 3.05) is 32.9 Å². The zero-order chi connectivity index (χ0) is 21.7. The zero-order valence-corrected chi connectivity index (χ0v) is 18.5. The van der Waals surface area contributed by atoms with Gasteiger partial charge in [-0.1, -0.05) is 42.5 Å². The third-order valence-electron chi connectivity index (χ3n) is 5.46. The Morgan fingerprint density at radius 3 is 2.45 bits per heavy atom. The fraction of sp³-hybridized carbons (Fsp3) is 0.333. The molecule has 0 aliphatic carbocycles. The van der Waals surface area contributed by atoms with Crippen LogP contribution < -0.4 is 10.1 Å². The highest BCUT2D eigenvalue weighted by Crippen LogP contribution is 2.28. The van der Waals surface area contributed by atoms with Gasteiger partial charge in [0.25, 0.3) is 0 Å². The maximum Gasteiger partial charge on any atom is 0.243 e. The van der Waals surface area contributed by atoms with Crippen molar-refractivity contribution < 1.29 is 17.9 Å². The molecule has 3 aromatic rings. The Bertz CT molecular complexity index is 1120. The van der Waals surface area contributed by atoms with Crippen LogP contribution in [0.3, 0.4) is 0 Å². The molecule has 6 nitrogen and oxygen atoms in total. The quantitative estimate of drug-likeness (QED) is 0.580. The van der Waals surface area contributed by atoms with E-state index in [1.807, 2.05) is 37.3 Å². The van der Waals surface area contributed by atoms with Gasteiger partial charge < -0.3 is 14.8 Å². The van der Waals surface area contributed by atoms with Crippen molar-refractivity contribution in [2.45, 2.75) is 24.9 Å². The summed E-state index contributed by atoms with van der Waals surface area (Å²) in [5, 5.41) is 5.83. The number of nitrogens with one attached hydrogen (secondary N) is 1. The maximum atomic E-state index is 12.8. The first kappa shape index (κ1) is 21.8. The molecule has 0 radical (unpaired) electrons. The van der Waals surface area contributed by atoms with Gasteiger partial charge in [-0.15, -0.1) is 0 Å². The Labute approximate surface area is 183 Å². The van der Waals surface area contributed by atoms with Gasteiger partial charge in [0.2, 0.25) is 10.0 Å². The van der Waals surface area contributed by atoms with Crippen LogP contribution >= 0.6 is 0 Å². The molecule has 1 heterocycles. The monoisotopic (exact) mass is 440 g/mol. The molecule has 0 aromatic heterocycles. The number of ether oxygens (including phenoxy) is 2. The van der Waals surface area contributed by atoms with E-state index in [0.29, 0.717) is 50.9 Å². The van der Waals surface area contributed by atoms with E-state index in [0.717, 1.165) is 16.9 Å². The van der Waals surface area contributed by atoms with Crippen LogP contribution in [0.1, 0.15) is 18.1 Å². The lowest BCUT2D eigenvalue weighted by Gasteiger charge is -2.26. The van der Waals surface area contributed by atoms with Gasteiger partial charge >= 0.3 is 0 Å². The van der Waals surface area contributed by atoms with E-state index >= 15 is 0 Å². The second-order valence-electron chi connectivity index (χ2n) is 7.46. The van der Waals surface area contributed by atoms with Gasteiger partial charge in [0.15, 0.2) is 0 Å². The molecule has 1 aliphatic rings. The predicted octanol–water partition coefficient (Wildman–Crippen LogP) is 3.55. The molecule has 0 bridgehead atoms. The van der Waals surface area contributed by atoms with E-state index in [-0.39, 0.29) is 0 Å².